The first kappa shape index (κ1) is 49.5. The molecule has 334 valence electrons. The van der Waals surface area contributed by atoms with Crippen molar-refractivity contribution in [3.63, 3.8) is 0 Å². The summed E-state index contributed by atoms with van der Waals surface area (Å²) in [6.45, 7) is 3.21. The Labute approximate surface area is 371 Å². The van der Waals surface area contributed by atoms with E-state index in [1.54, 1.807) is 21.1 Å². The molecule has 2 aliphatic carbocycles. The number of halogens is 9. The van der Waals surface area contributed by atoms with Crippen molar-refractivity contribution in [3.05, 3.63) is 137 Å². The van der Waals surface area contributed by atoms with Crippen LogP contribution in [0.4, 0.5) is 39.5 Å². The molecular weight excluding hydrogens is 897 g/mol. The van der Waals surface area contributed by atoms with Gasteiger partial charge in [0.2, 0.25) is 0 Å². The van der Waals surface area contributed by atoms with Gasteiger partial charge in [-0.05, 0) is 123 Å². The Morgan fingerprint density at radius 2 is 0.952 bits per heavy atom. The van der Waals surface area contributed by atoms with Crippen LogP contribution >= 0.6 is 15.8 Å². The second-order valence-electron chi connectivity index (χ2n) is 15.6. The van der Waals surface area contributed by atoms with Crippen molar-refractivity contribution < 1.29 is 66.1 Å². The third kappa shape index (κ3) is 11.6. The zero-order valence-corrected chi connectivity index (χ0v) is 37.6. The predicted molar refractivity (Wildman–Crippen MR) is 230 cm³/mol. The SMILES string of the molecule is C1CCCC1.COc1ccccc1P(c1ccccc1OC)c1ccccc1C1CCCC1[C@@H](C)P(c1cc(C)cc(C(F)(F)F)c1)c1cc(C(F)(F)F)cc(C(F)(F)F)c1.[Fe]. The average molecular weight is 947 g/mol. The summed E-state index contributed by atoms with van der Waals surface area (Å²) in [6, 6.07) is 27.9. The van der Waals surface area contributed by atoms with Crippen LogP contribution in [0.1, 0.15) is 92.0 Å². The molecule has 7 rings (SSSR count). The molecule has 5 aromatic carbocycles. The third-order valence-electron chi connectivity index (χ3n) is 11.6. The van der Waals surface area contributed by atoms with E-state index in [2.05, 4.69) is 0 Å². The van der Waals surface area contributed by atoms with Gasteiger partial charge in [-0.3, -0.25) is 0 Å². The number of para-hydroxylation sites is 2. The molecule has 2 fully saturated rings. The Balaban J connectivity index is 0.00000113. The summed E-state index contributed by atoms with van der Waals surface area (Å²) in [5, 5.41) is 2.58. The van der Waals surface area contributed by atoms with Crippen molar-refractivity contribution in [1.82, 2.24) is 0 Å². The maximum absolute atomic E-state index is 14.3. The Morgan fingerprint density at radius 1 is 0.532 bits per heavy atom. The van der Waals surface area contributed by atoms with Gasteiger partial charge in [0.1, 0.15) is 11.5 Å². The van der Waals surface area contributed by atoms with Crippen LogP contribution in [0.2, 0.25) is 0 Å². The predicted octanol–water partition coefficient (Wildman–Crippen LogP) is 13.2. The summed E-state index contributed by atoms with van der Waals surface area (Å²) in [5.74, 6) is 0.779. The van der Waals surface area contributed by atoms with Crippen LogP contribution in [0, 0.1) is 12.8 Å². The summed E-state index contributed by atoms with van der Waals surface area (Å²) in [7, 11) is -0.387. The van der Waals surface area contributed by atoms with E-state index in [1.165, 1.54) is 45.1 Å². The van der Waals surface area contributed by atoms with E-state index in [9.17, 15) is 39.5 Å². The number of benzene rings is 5. The molecule has 0 heterocycles. The van der Waals surface area contributed by atoms with Crippen LogP contribution in [0.3, 0.4) is 0 Å². The Bertz CT molecular complexity index is 2170. The van der Waals surface area contributed by atoms with Gasteiger partial charge in [0.25, 0.3) is 0 Å². The Hall–Kier alpha value is -3.55. The van der Waals surface area contributed by atoms with Gasteiger partial charge in [-0.2, -0.15) is 39.5 Å². The molecule has 2 saturated carbocycles. The first-order valence-electron chi connectivity index (χ1n) is 20.3. The number of hydrogen-bond donors (Lipinski definition) is 0. The van der Waals surface area contributed by atoms with Gasteiger partial charge in [0, 0.05) is 27.7 Å². The van der Waals surface area contributed by atoms with Gasteiger partial charge in [-0.15, -0.1) is 0 Å². The summed E-state index contributed by atoms with van der Waals surface area (Å²) in [5.41, 5.74) is -3.49. The van der Waals surface area contributed by atoms with Gasteiger partial charge in [0.05, 0.1) is 30.9 Å². The Kier molecular flexibility index (Phi) is 16.7. The van der Waals surface area contributed by atoms with Gasteiger partial charge in [-0.1, -0.05) is 112 Å². The van der Waals surface area contributed by atoms with E-state index >= 15 is 0 Å². The van der Waals surface area contributed by atoms with Crippen LogP contribution in [-0.4, -0.2) is 19.9 Å². The molecule has 0 spiro atoms. The van der Waals surface area contributed by atoms with E-state index in [0.29, 0.717) is 42.9 Å². The summed E-state index contributed by atoms with van der Waals surface area (Å²) < 4.78 is 140. The summed E-state index contributed by atoms with van der Waals surface area (Å²) in [6.07, 6.45) is -5.62. The van der Waals surface area contributed by atoms with Crippen molar-refractivity contribution in [1.29, 1.82) is 0 Å². The van der Waals surface area contributed by atoms with Crippen LogP contribution < -0.4 is 36.0 Å². The molecule has 62 heavy (non-hydrogen) atoms. The molecule has 4 atom stereocenters. The number of alkyl halides is 9. The average Bonchev–Trinajstić information content (AvgIpc) is 3.97. The molecule has 0 bridgehead atoms. The maximum Gasteiger partial charge on any atom is 0.416 e. The van der Waals surface area contributed by atoms with E-state index in [4.69, 9.17) is 9.47 Å². The van der Waals surface area contributed by atoms with Crippen LogP contribution in [0.15, 0.2) is 109 Å². The molecule has 5 aromatic rings. The van der Waals surface area contributed by atoms with Crippen LogP contribution in [0.25, 0.3) is 0 Å². The molecule has 2 aliphatic rings. The smallest absolute Gasteiger partial charge is 0.416 e. The van der Waals surface area contributed by atoms with E-state index in [1.807, 2.05) is 72.8 Å². The fourth-order valence-electron chi connectivity index (χ4n) is 8.81. The second-order valence-corrected chi connectivity index (χ2v) is 20.3. The monoisotopic (exact) mass is 946 g/mol. The minimum atomic E-state index is -5.13. The molecule has 0 radical (unpaired) electrons. The second kappa shape index (κ2) is 21.0. The molecule has 0 N–H and O–H groups in total. The van der Waals surface area contributed by atoms with Crippen LogP contribution in [-0.2, 0) is 35.6 Å². The van der Waals surface area contributed by atoms with Crippen LogP contribution in [0.5, 0.6) is 11.5 Å². The van der Waals surface area contributed by atoms with Crippen molar-refractivity contribution >= 4 is 42.4 Å². The van der Waals surface area contributed by atoms with Gasteiger partial charge >= 0.3 is 18.5 Å². The van der Waals surface area contributed by atoms with Crippen molar-refractivity contribution in [2.24, 2.45) is 5.92 Å². The molecule has 0 aromatic heterocycles. The van der Waals surface area contributed by atoms with Crippen molar-refractivity contribution in [3.8, 4) is 11.5 Å². The number of ether oxygens (including phenoxy) is 2. The number of hydrogen-bond acceptors (Lipinski definition) is 2. The van der Waals surface area contributed by atoms with Gasteiger partial charge in [-0.25, -0.2) is 0 Å². The zero-order chi connectivity index (χ0) is 44.1. The largest absolute Gasteiger partial charge is 0.496 e. The third-order valence-corrected chi connectivity index (χ3v) is 17.0. The van der Waals surface area contributed by atoms with Gasteiger partial charge < -0.3 is 9.47 Å². The molecule has 0 aliphatic heterocycles. The topological polar surface area (TPSA) is 18.5 Å². The van der Waals surface area contributed by atoms with E-state index < -0.39 is 56.7 Å². The number of methoxy groups -OCH3 is 2. The minimum absolute atomic E-state index is 0. The molecular formula is C48H49F9FeO2P2. The maximum atomic E-state index is 14.3. The molecule has 2 nitrogen and oxygen atoms in total. The fourth-order valence-corrected chi connectivity index (χ4v) is 14.7. The molecule has 0 saturated heterocycles. The zero-order valence-electron chi connectivity index (χ0n) is 34.7. The normalized spacial score (nSPS) is 17.8. The van der Waals surface area contributed by atoms with Gasteiger partial charge in [0.15, 0.2) is 0 Å². The first-order chi connectivity index (χ1) is 28.9. The summed E-state index contributed by atoms with van der Waals surface area (Å²) >= 11 is 0. The number of rotatable bonds is 10. The Morgan fingerprint density at radius 3 is 1.42 bits per heavy atom. The molecule has 3 unspecified atom stereocenters. The van der Waals surface area contributed by atoms with Crippen molar-refractivity contribution in [2.45, 2.75) is 95.3 Å². The molecule has 14 heteroatoms. The molecule has 0 amide bonds. The standard InChI is InChI=1S/C43H39F9O2P2.C5H10.Fe/c1-26-20-28(41(44,45)46)23-31(21-26)55(32-24-29(42(47,48)49)22-30(25-32)43(50,51)52)27(2)33-13-11-14-34(33)35-12-5-8-17-38(35)56(39-18-9-6-15-36(39)53-3)40-19-10-7-16-37(40)54-4;1-2-4-5-3-1;/h5-10,12,15-25,27,33-34H,11,13-14H2,1-4H3;1-5H2;/t27-,33?,34?,55?;;/m1../s1. The van der Waals surface area contributed by atoms with Crippen molar-refractivity contribution in [2.75, 3.05) is 14.2 Å². The fraction of sp³-hybridized carbons (Fsp3) is 0.375. The minimum Gasteiger partial charge on any atom is -0.496 e. The first-order valence-corrected chi connectivity index (χ1v) is 23.1. The van der Waals surface area contributed by atoms with E-state index in [-0.39, 0.29) is 51.1 Å². The number of aryl methyl sites for hydroxylation is 1. The quantitative estimate of drug-likeness (QED) is 0.0789. The van der Waals surface area contributed by atoms with E-state index in [0.717, 1.165) is 33.6 Å². The summed E-state index contributed by atoms with van der Waals surface area (Å²) in [4.78, 5) is 0.